The topological polar surface area (TPSA) is 96.0 Å². The van der Waals surface area contributed by atoms with Crippen LogP contribution >= 0.6 is 0 Å². The monoisotopic (exact) mass is 551 g/mol. The lowest BCUT2D eigenvalue weighted by Crippen LogP contribution is -2.51. The van der Waals surface area contributed by atoms with E-state index in [1.807, 2.05) is 45.0 Å². The van der Waals surface area contributed by atoms with Gasteiger partial charge in [0.25, 0.3) is 10.0 Å². The molecule has 0 aliphatic heterocycles. The lowest BCUT2D eigenvalue weighted by molar-refractivity contribution is -0.139. The van der Waals surface area contributed by atoms with Gasteiger partial charge in [0.15, 0.2) is 0 Å². The number of sulfonamides is 1. The van der Waals surface area contributed by atoms with Gasteiger partial charge in [-0.1, -0.05) is 48.9 Å². The van der Waals surface area contributed by atoms with Crippen LogP contribution in [0.3, 0.4) is 0 Å². The molecule has 0 aromatic heterocycles. The Morgan fingerprint density at radius 3 is 2.18 bits per heavy atom. The number of carbonyl (C=O) groups excluding carboxylic acids is 2. The van der Waals surface area contributed by atoms with Crippen molar-refractivity contribution in [3.63, 3.8) is 0 Å². The molecule has 0 unspecified atom stereocenters. The zero-order valence-electron chi connectivity index (χ0n) is 23.2. The van der Waals surface area contributed by atoms with Crippen LogP contribution in [0.5, 0.6) is 5.75 Å². The molecule has 0 heterocycles. The molecule has 3 aromatic rings. The number of methoxy groups -OCH3 is 1. The maximum atomic E-state index is 13.9. The molecule has 0 saturated carbocycles. The Bertz CT molecular complexity index is 1370. The normalized spacial score (nSPS) is 11.9. The summed E-state index contributed by atoms with van der Waals surface area (Å²) in [6, 6.07) is 19.8. The van der Waals surface area contributed by atoms with Crippen LogP contribution in [0.1, 0.15) is 37.0 Å². The Morgan fingerprint density at radius 1 is 0.949 bits per heavy atom. The molecule has 0 aliphatic rings. The first-order valence-electron chi connectivity index (χ1n) is 12.9. The number of nitrogens with one attached hydrogen (secondary N) is 1. The molecule has 9 heteroatoms. The highest BCUT2D eigenvalue weighted by Gasteiger charge is 2.32. The highest BCUT2D eigenvalue weighted by atomic mass is 32.2. The van der Waals surface area contributed by atoms with E-state index in [-0.39, 0.29) is 17.3 Å². The quantitative estimate of drug-likeness (QED) is 0.359. The zero-order chi connectivity index (χ0) is 28.6. The molecule has 3 aromatic carbocycles. The molecule has 0 saturated heterocycles. The number of hydrogen-bond donors (Lipinski definition) is 1. The summed E-state index contributed by atoms with van der Waals surface area (Å²) in [5.41, 5.74) is 3.06. The predicted octanol–water partition coefficient (Wildman–Crippen LogP) is 4.45. The van der Waals surface area contributed by atoms with Gasteiger partial charge >= 0.3 is 0 Å². The summed E-state index contributed by atoms with van der Waals surface area (Å²) >= 11 is 0. The highest BCUT2D eigenvalue weighted by molar-refractivity contribution is 7.92. The van der Waals surface area contributed by atoms with Gasteiger partial charge in [0.1, 0.15) is 18.3 Å². The van der Waals surface area contributed by atoms with Gasteiger partial charge in [-0.25, -0.2) is 8.42 Å². The molecule has 0 radical (unpaired) electrons. The maximum absolute atomic E-state index is 13.9. The molecule has 0 aliphatic carbocycles. The third-order valence-corrected chi connectivity index (χ3v) is 8.35. The van der Waals surface area contributed by atoms with Crippen molar-refractivity contribution in [1.29, 1.82) is 0 Å². The fraction of sp³-hybridized carbons (Fsp3) is 0.333. The lowest BCUT2D eigenvalue weighted by Gasteiger charge is -2.32. The SMILES string of the molecule is CCCNC(=O)[C@H](C)N(Cc1ccccc1C)C(=O)CN(c1ccc(OC)cc1)S(=O)(=O)c1ccc(C)cc1. The van der Waals surface area contributed by atoms with Crippen LogP contribution in [-0.2, 0) is 26.2 Å². The van der Waals surface area contributed by atoms with Crippen molar-refractivity contribution in [2.24, 2.45) is 0 Å². The number of anilines is 1. The standard InChI is InChI=1S/C30H37N3O5S/c1-6-19-31-30(35)24(4)32(20-25-10-8-7-9-23(25)3)29(34)21-33(26-13-15-27(38-5)16-14-26)39(36,37)28-17-11-22(2)12-18-28/h7-18,24H,6,19-21H2,1-5H3,(H,31,35)/t24-/m0/s1. The van der Waals surface area contributed by atoms with E-state index in [4.69, 9.17) is 4.74 Å². The fourth-order valence-electron chi connectivity index (χ4n) is 4.06. The summed E-state index contributed by atoms with van der Waals surface area (Å²) in [4.78, 5) is 28.4. The van der Waals surface area contributed by atoms with Crippen LogP contribution in [0, 0.1) is 13.8 Å². The first-order valence-corrected chi connectivity index (χ1v) is 14.4. The average molecular weight is 552 g/mol. The van der Waals surface area contributed by atoms with E-state index in [1.165, 1.54) is 24.1 Å². The predicted molar refractivity (Wildman–Crippen MR) is 153 cm³/mol. The summed E-state index contributed by atoms with van der Waals surface area (Å²) in [7, 11) is -2.59. The summed E-state index contributed by atoms with van der Waals surface area (Å²) in [6.45, 7) is 7.57. The third kappa shape index (κ3) is 7.38. The summed E-state index contributed by atoms with van der Waals surface area (Å²) in [5.74, 6) is -0.236. The Hall–Kier alpha value is -3.85. The fourth-order valence-corrected chi connectivity index (χ4v) is 5.48. The van der Waals surface area contributed by atoms with Crippen LogP contribution in [0.25, 0.3) is 0 Å². The molecule has 208 valence electrons. The minimum atomic E-state index is -4.12. The summed E-state index contributed by atoms with van der Waals surface area (Å²) in [5, 5.41) is 2.85. The van der Waals surface area contributed by atoms with E-state index in [0.717, 1.165) is 27.4 Å². The number of aryl methyl sites for hydroxylation is 2. The van der Waals surface area contributed by atoms with E-state index in [9.17, 15) is 18.0 Å². The number of benzene rings is 3. The van der Waals surface area contributed by atoms with Crippen molar-refractivity contribution in [2.45, 2.75) is 51.6 Å². The van der Waals surface area contributed by atoms with Gasteiger partial charge in [0.2, 0.25) is 11.8 Å². The van der Waals surface area contributed by atoms with Gasteiger partial charge in [-0.2, -0.15) is 0 Å². The van der Waals surface area contributed by atoms with E-state index in [2.05, 4.69) is 5.32 Å². The van der Waals surface area contributed by atoms with Crippen molar-refractivity contribution in [3.8, 4) is 5.75 Å². The molecule has 8 nitrogen and oxygen atoms in total. The Balaban J connectivity index is 2.03. The largest absolute Gasteiger partial charge is 0.497 e. The molecular weight excluding hydrogens is 514 g/mol. The van der Waals surface area contributed by atoms with Crippen molar-refractivity contribution in [2.75, 3.05) is 24.5 Å². The highest BCUT2D eigenvalue weighted by Crippen LogP contribution is 2.27. The second-order valence-electron chi connectivity index (χ2n) is 9.44. The molecule has 0 bridgehead atoms. The number of ether oxygens (including phenoxy) is 1. The van der Waals surface area contributed by atoms with E-state index in [0.29, 0.717) is 18.0 Å². The molecule has 2 amide bonds. The van der Waals surface area contributed by atoms with Gasteiger partial charge in [0, 0.05) is 13.1 Å². The number of hydrogen-bond acceptors (Lipinski definition) is 5. The second-order valence-corrected chi connectivity index (χ2v) is 11.3. The van der Waals surface area contributed by atoms with E-state index >= 15 is 0 Å². The van der Waals surface area contributed by atoms with Crippen molar-refractivity contribution >= 4 is 27.5 Å². The molecule has 39 heavy (non-hydrogen) atoms. The van der Waals surface area contributed by atoms with Gasteiger partial charge in [-0.3, -0.25) is 13.9 Å². The number of nitrogens with zero attached hydrogens (tertiary/aromatic N) is 2. The van der Waals surface area contributed by atoms with Gasteiger partial charge in [0.05, 0.1) is 17.7 Å². The minimum Gasteiger partial charge on any atom is -0.497 e. The number of rotatable bonds is 12. The van der Waals surface area contributed by atoms with Gasteiger partial charge in [-0.05, 0) is 74.7 Å². The Labute approximate surface area is 231 Å². The van der Waals surface area contributed by atoms with Crippen molar-refractivity contribution in [3.05, 3.63) is 89.5 Å². The van der Waals surface area contributed by atoms with Crippen LogP contribution in [0.15, 0.2) is 77.7 Å². The third-order valence-electron chi connectivity index (χ3n) is 6.57. The van der Waals surface area contributed by atoms with E-state index < -0.39 is 28.5 Å². The molecular formula is C30H37N3O5S. The zero-order valence-corrected chi connectivity index (χ0v) is 24.0. The Kier molecular flexibility index (Phi) is 10.1. The molecule has 0 fully saturated rings. The number of amides is 2. The Morgan fingerprint density at radius 2 is 1.59 bits per heavy atom. The van der Waals surface area contributed by atoms with Crippen LogP contribution in [-0.4, -0.2) is 51.4 Å². The minimum absolute atomic E-state index is 0.0657. The van der Waals surface area contributed by atoms with Gasteiger partial charge in [-0.15, -0.1) is 0 Å². The van der Waals surface area contributed by atoms with Crippen LogP contribution < -0.4 is 14.4 Å². The smallest absolute Gasteiger partial charge is 0.264 e. The van der Waals surface area contributed by atoms with Crippen LogP contribution in [0.4, 0.5) is 5.69 Å². The van der Waals surface area contributed by atoms with Crippen molar-refractivity contribution in [1.82, 2.24) is 10.2 Å². The summed E-state index contributed by atoms with van der Waals surface area (Å²) < 4.78 is 34.0. The molecule has 0 spiro atoms. The number of carbonyl (C=O) groups is 2. The molecule has 1 N–H and O–H groups in total. The maximum Gasteiger partial charge on any atom is 0.264 e. The lowest BCUT2D eigenvalue weighted by atomic mass is 10.1. The van der Waals surface area contributed by atoms with E-state index in [1.54, 1.807) is 43.3 Å². The molecule has 1 atom stereocenters. The van der Waals surface area contributed by atoms with Crippen LogP contribution in [0.2, 0.25) is 0 Å². The molecule has 3 rings (SSSR count). The first-order chi connectivity index (χ1) is 18.6. The van der Waals surface area contributed by atoms with Gasteiger partial charge < -0.3 is 15.0 Å². The second kappa shape index (κ2) is 13.3. The average Bonchev–Trinajstić information content (AvgIpc) is 2.94. The first kappa shape index (κ1) is 29.7. The van der Waals surface area contributed by atoms with Crippen molar-refractivity contribution < 1.29 is 22.7 Å². The summed E-state index contributed by atoms with van der Waals surface area (Å²) in [6.07, 6.45) is 0.754.